The number of hydrogen-bond acceptors (Lipinski definition) is 5. The van der Waals surface area contributed by atoms with Crippen LogP contribution in [0, 0.1) is 0 Å². The van der Waals surface area contributed by atoms with Crippen LogP contribution < -0.4 is 9.64 Å². The Bertz CT molecular complexity index is 842. The topological polar surface area (TPSA) is 73.4 Å². The van der Waals surface area contributed by atoms with Crippen LogP contribution in [0.4, 0.5) is 5.69 Å². The van der Waals surface area contributed by atoms with Crippen LogP contribution in [-0.2, 0) is 18.3 Å². The minimum Gasteiger partial charge on any atom is -0.497 e. The van der Waals surface area contributed by atoms with Crippen molar-refractivity contribution in [2.75, 3.05) is 12.0 Å². The van der Waals surface area contributed by atoms with E-state index in [1.807, 2.05) is 44.4 Å². The molecule has 3 aromatic rings. The molecule has 2 heterocycles. The smallest absolute Gasteiger partial charge is 0.233 e. The van der Waals surface area contributed by atoms with E-state index in [-0.39, 0.29) is 18.4 Å². The van der Waals surface area contributed by atoms with Crippen LogP contribution in [0.3, 0.4) is 0 Å². The minimum atomic E-state index is -0.196. The molecule has 0 saturated heterocycles. The zero-order chi connectivity index (χ0) is 17.8. The third kappa shape index (κ3) is 3.71. The average molecular weight is 340 g/mol. The standard InChI is InChI=1S/C18H20N4O3/c1-13(14-5-4-6-17(9-14)24-3)22(16-11-19-21(2)12-16)18(23)10-15-7-8-25-20-15/h4-9,11-13H,10H2,1-3H3. The molecule has 1 atom stereocenters. The molecule has 130 valence electrons. The first kappa shape index (κ1) is 16.8. The summed E-state index contributed by atoms with van der Waals surface area (Å²) in [5.74, 6) is 0.664. The highest BCUT2D eigenvalue weighted by molar-refractivity contribution is 5.95. The highest BCUT2D eigenvalue weighted by Crippen LogP contribution is 2.29. The summed E-state index contributed by atoms with van der Waals surface area (Å²) < 4.78 is 11.8. The van der Waals surface area contributed by atoms with Crippen LogP contribution in [0.1, 0.15) is 24.2 Å². The van der Waals surface area contributed by atoms with E-state index in [9.17, 15) is 4.79 Å². The number of anilines is 1. The first-order valence-corrected chi connectivity index (χ1v) is 7.92. The van der Waals surface area contributed by atoms with E-state index in [1.165, 1.54) is 6.26 Å². The summed E-state index contributed by atoms with van der Waals surface area (Å²) >= 11 is 0. The lowest BCUT2D eigenvalue weighted by Crippen LogP contribution is -2.34. The third-order valence-electron chi connectivity index (χ3n) is 4.03. The first-order chi connectivity index (χ1) is 12.1. The van der Waals surface area contributed by atoms with Gasteiger partial charge >= 0.3 is 0 Å². The number of ether oxygens (including phenoxy) is 1. The molecule has 0 aliphatic heterocycles. The Hall–Kier alpha value is -3.09. The molecule has 0 radical (unpaired) electrons. The van der Waals surface area contributed by atoms with Gasteiger partial charge in [0, 0.05) is 19.3 Å². The first-order valence-electron chi connectivity index (χ1n) is 7.92. The Morgan fingerprint density at radius 3 is 2.88 bits per heavy atom. The van der Waals surface area contributed by atoms with E-state index in [1.54, 1.807) is 29.0 Å². The molecule has 1 amide bonds. The predicted molar refractivity (Wildman–Crippen MR) is 92.3 cm³/mol. The summed E-state index contributed by atoms with van der Waals surface area (Å²) in [6.07, 6.45) is 5.11. The summed E-state index contributed by atoms with van der Waals surface area (Å²) in [6.45, 7) is 1.97. The number of carbonyl (C=O) groups is 1. The molecule has 25 heavy (non-hydrogen) atoms. The van der Waals surface area contributed by atoms with Gasteiger partial charge in [-0.1, -0.05) is 17.3 Å². The SMILES string of the molecule is COc1cccc(C(C)N(C(=O)Cc2ccon2)c2cnn(C)c2)c1. The van der Waals surface area contributed by atoms with Crippen molar-refractivity contribution in [1.82, 2.24) is 14.9 Å². The van der Waals surface area contributed by atoms with Crippen LogP contribution in [-0.4, -0.2) is 28.0 Å². The Kier molecular flexibility index (Phi) is 4.83. The fourth-order valence-electron chi connectivity index (χ4n) is 2.74. The van der Waals surface area contributed by atoms with Gasteiger partial charge < -0.3 is 14.2 Å². The maximum Gasteiger partial charge on any atom is 0.233 e. The summed E-state index contributed by atoms with van der Waals surface area (Å²) in [5.41, 5.74) is 2.29. The van der Waals surface area contributed by atoms with Gasteiger partial charge in [-0.05, 0) is 24.6 Å². The van der Waals surface area contributed by atoms with Crippen molar-refractivity contribution in [2.45, 2.75) is 19.4 Å². The maximum atomic E-state index is 13.0. The van der Waals surface area contributed by atoms with Crippen molar-refractivity contribution in [2.24, 2.45) is 7.05 Å². The molecule has 0 bridgehead atoms. The number of benzene rings is 1. The molecule has 2 aromatic heterocycles. The lowest BCUT2D eigenvalue weighted by molar-refractivity contribution is -0.118. The molecule has 0 fully saturated rings. The van der Waals surface area contributed by atoms with E-state index in [4.69, 9.17) is 9.26 Å². The highest BCUT2D eigenvalue weighted by Gasteiger charge is 2.25. The number of rotatable bonds is 6. The van der Waals surface area contributed by atoms with E-state index in [0.717, 1.165) is 17.0 Å². The minimum absolute atomic E-state index is 0.0859. The van der Waals surface area contributed by atoms with Crippen LogP contribution in [0.5, 0.6) is 5.75 Å². The van der Waals surface area contributed by atoms with E-state index < -0.39 is 0 Å². The van der Waals surface area contributed by atoms with Crippen molar-refractivity contribution < 1.29 is 14.1 Å². The van der Waals surface area contributed by atoms with Crippen molar-refractivity contribution in [3.8, 4) is 5.75 Å². The van der Waals surface area contributed by atoms with E-state index in [0.29, 0.717) is 5.69 Å². The quantitative estimate of drug-likeness (QED) is 0.690. The number of aromatic nitrogens is 3. The molecule has 3 rings (SSSR count). The molecule has 7 heteroatoms. The van der Waals surface area contributed by atoms with Gasteiger partial charge in [0.25, 0.3) is 0 Å². The second-order valence-electron chi connectivity index (χ2n) is 5.76. The Labute approximate surface area is 145 Å². The molecular weight excluding hydrogens is 320 g/mol. The van der Waals surface area contributed by atoms with Gasteiger partial charge in [0.2, 0.25) is 5.91 Å². The van der Waals surface area contributed by atoms with Crippen molar-refractivity contribution >= 4 is 11.6 Å². The summed E-state index contributed by atoms with van der Waals surface area (Å²) in [6, 6.07) is 9.18. The van der Waals surface area contributed by atoms with Gasteiger partial charge in [0.05, 0.1) is 37.2 Å². The van der Waals surface area contributed by atoms with Crippen molar-refractivity contribution in [3.05, 3.63) is 60.2 Å². The molecule has 0 saturated carbocycles. The van der Waals surface area contributed by atoms with Gasteiger partial charge in [-0.2, -0.15) is 5.10 Å². The average Bonchev–Trinajstić information content (AvgIpc) is 3.27. The number of aryl methyl sites for hydroxylation is 1. The number of hydrogen-bond donors (Lipinski definition) is 0. The van der Waals surface area contributed by atoms with Gasteiger partial charge in [0.15, 0.2) is 0 Å². The summed E-state index contributed by atoms with van der Waals surface area (Å²) in [7, 11) is 3.44. The molecule has 0 spiro atoms. The van der Waals surface area contributed by atoms with Gasteiger partial charge in [0.1, 0.15) is 12.0 Å². The van der Waals surface area contributed by atoms with Crippen LogP contribution in [0.2, 0.25) is 0 Å². The molecule has 0 N–H and O–H groups in total. The van der Waals surface area contributed by atoms with Crippen molar-refractivity contribution in [1.29, 1.82) is 0 Å². The fourth-order valence-corrected chi connectivity index (χ4v) is 2.74. The summed E-state index contributed by atoms with van der Waals surface area (Å²) in [5, 5.41) is 8.02. The number of nitrogens with zero attached hydrogens (tertiary/aromatic N) is 4. The Morgan fingerprint density at radius 2 is 2.24 bits per heavy atom. The fraction of sp³-hybridized carbons (Fsp3) is 0.278. The largest absolute Gasteiger partial charge is 0.497 e. The van der Waals surface area contributed by atoms with Crippen LogP contribution >= 0.6 is 0 Å². The van der Waals surface area contributed by atoms with Crippen molar-refractivity contribution in [3.63, 3.8) is 0 Å². The second kappa shape index (κ2) is 7.21. The second-order valence-corrected chi connectivity index (χ2v) is 5.76. The summed E-state index contributed by atoms with van der Waals surface area (Å²) in [4.78, 5) is 14.7. The van der Waals surface area contributed by atoms with E-state index >= 15 is 0 Å². The molecule has 0 aliphatic carbocycles. The number of amides is 1. The maximum absolute atomic E-state index is 13.0. The van der Waals surface area contributed by atoms with Gasteiger partial charge in [-0.3, -0.25) is 9.48 Å². The zero-order valence-electron chi connectivity index (χ0n) is 14.4. The number of carbonyl (C=O) groups excluding carboxylic acids is 1. The highest BCUT2D eigenvalue weighted by atomic mass is 16.5. The third-order valence-corrected chi connectivity index (χ3v) is 4.03. The number of methoxy groups -OCH3 is 1. The van der Waals surface area contributed by atoms with E-state index in [2.05, 4.69) is 10.3 Å². The van der Waals surface area contributed by atoms with Crippen LogP contribution in [0.15, 0.2) is 53.5 Å². The lowest BCUT2D eigenvalue weighted by atomic mass is 10.1. The van der Waals surface area contributed by atoms with Gasteiger partial charge in [-0.25, -0.2) is 0 Å². The monoisotopic (exact) mass is 340 g/mol. The predicted octanol–water partition coefficient (Wildman–Crippen LogP) is 2.75. The molecule has 1 aromatic carbocycles. The van der Waals surface area contributed by atoms with Gasteiger partial charge in [-0.15, -0.1) is 0 Å². The molecule has 0 aliphatic rings. The Morgan fingerprint density at radius 1 is 1.40 bits per heavy atom. The Balaban J connectivity index is 1.93. The normalized spacial score (nSPS) is 12.0. The van der Waals surface area contributed by atoms with Crippen LogP contribution in [0.25, 0.3) is 0 Å². The molecule has 1 unspecified atom stereocenters. The molecule has 7 nitrogen and oxygen atoms in total. The zero-order valence-corrected chi connectivity index (χ0v) is 14.4. The molecular formula is C18H20N4O3. The lowest BCUT2D eigenvalue weighted by Gasteiger charge is -2.28.